The number of piperidine rings is 1. The van der Waals surface area contributed by atoms with Crippen molar-refractivity contribution >= 4 is 29.1 Å². The van der Waals surface area contributed by atoms with Crippen LogP contribution in [0.15, 0.2) is 42.5 Å². The van der Waals surface area contributed by atoms with Crippen molar-refractivity contribution in [2.24, 2.45) is 5.92 Å². The molecular formula is C20H20ClFN2O2. The van der Waals surface area contributed by atoms with Crippen molar-refractivity contribution in [2.75, 3.05) is 18.4 Å². The second kappa shape index (κ2) is 7.87. The van der Waals surface area contributed by atoms with Crippen LogP contribution in [0.3, 0.4) is 0 Å². The summed E-state index contributed by atoms with van der Waals surface area (Å²) in [5.74, 6) is -1.08. The van der Waals surface area contributed by atoms with Crippen LogP contribution in [0.1, 0.15) is 28.8 Å². The van der Waals surface area contributed by atoms with Gasteiger partial charge in [0.15, 0.2) is 0 Å². The number of halogens is 2. The maximum atomic E-state index is 13.2. The van der Waals surface area contributed by atoms with Gasteiger partial charge in [-0.05, 0) is 50.1 Å². The largest absolute Gasteiger partial charge is 0.338 e. The number of amides is 2. The molecule has 0 aromatic heterocycles. The topological polar surface area (TPSA) is 49.4 Å². The Morgan fingerprint density at radius 3 is 2.77 bits per heavy atom. The quantitative estimate of drug-likeness (QED) is 0.871. The zero-order valence-electron chi connectivity index (χ0n) is 14.5. The Morgan fingerprint density at radius 2 is 2.04 bits per heavy atom. The van der Waals surface area contributed by atoms with Crippen molar-refractivity contribution in [3.63, 3.8) is 0 Å². The van der Waals surface area contributed by atoms with Gasteiger partial charge >= 0.3 is 0 Å². The highest BCUT2D eigenvalue weighted by molar-refractivity contribution is 6.31. The van der Waals surface area contributed by atoms with Crippen LogP contribution < -0.4 is 5.32 Å². The number of carbonyl (C=O) groups is 2. The summed E-state index contributed by atoms with van der Waals surface area (Å²) in [6.07, 6.45) is 1.47. The van der Waals surface area contributed by atoms with Crippen molar-refractivity contribution in [2.45, 2.75) is 19.8 Å². The lowest BCUT2D eigenvalue weighted by atomic mass is 9.96. The lowest BCUT2D eigenvalue weighted by Crippen LogP contribution is -2.43. The van der Waals surface area contributed by atoms with Crippen molar-refractivity contribution < 1.29 is 14.0 Å². The normalized spacial score (nSPS) is 17.0. The average molecular weight is 375 g/mol. The van der Waals surface area contributed by atoms with Gasteiger partial charge in [-0.15, -0.1) is 0 Å². The van der Waals surface area contributed by atoms with Gasteiger partial charge in [-0.2, -0.15) is 0 Å². The van der Waals surface area contributed by atoms with E-state index in [2.05, 4.69) is 5.32 Å². The summed E-state index contributed by atoms with van der Waals surface area (Å²) < 4.78 is 13.2. The van der Waals surface area contributed by atoms with E-state index in [1.807, 2.05) is 25.1 Å². The number of nitrogens with zero attached hydrogens (tertiary/aromatic N) is 1. The van der Waals surface area contributed by atoms with E-state index in [4.69, 9.17) is 11.6 Å². The van der Waals surface area contributed by atoms with Gasteiger partial charge in [0.05, 0.1) is 10.9 Å². The van der Waals surface area contributed by atoms with Gasteiger partial charge in [0, 0.05) is 24.3 Å². The van der Waals surface area contributed by atoms with Gasteiger partial charge in [0.25, 0.3) is 5.91 Å². The minimum Gasteiger partial charge on any atom is -0.338 e. The van der Waals surface area contributed by atoms with E-state index in [0.29, 0.717) is 30.8 Å². The maximum Gasteiger partial charge on any atom is 0.253 e. The van der Waals surface area contributed by atoms with Gasteiger partial charge < -0.3 is 10.2 Å². The Bertz CT molecular complexity index is 840. The first-order chi connectivity index (χ1) is 12.4. The zero-order chi connectivity index (χ0) is 18.7. The lowest BCUT2D eigenvalue weighted by Gasteiger charge is -2.32. The first-order valence-electron chi connectivity index (χ1n) is 8.56. The molecule has 2 amide bonds. The highest BCUT2D eigenvalue weighted by atomic mass is 35.5. The lowest BCUT2D eigenvalue weighted by molar-refractivity contribution is -0.121. The molecule has 6 heteroatoms. The summed E-state index contributed by atoms with van der Waals surface area (Å²) in [6, 6.07) is 11.5. The highest BCUT2D eigenvalue weighted by Gasteiger charge is 2.29. The summed E-state index contributed by atoms with van der Waals surface area (Å²) >= 11 is 5.75. The Balaban J connectivity index is 1.66. The predicted molar refractivity (Wildman–Crippen MR) is 99.8 cm³/mol. The van der Waals surface area contributed by atoms with Crippen LogP contribution in [-0.2, 0) is 4.79 Å². The van der Waals surface area contributed by atoms with Gasteiger partial charge in [0.1, 0.15) is 5.82 Å². The SMILES string of the molecule is Cc1cccc(C(=O)N2CCC[C@H](C(=O)Nc3ccc(F)c(Cl)c3)C2)c1. The molecule has 1 saturated heterocycles. The maximum absolute atomic E-state index is 13.2. The van der Waals surface area contributed by atoms with Crippen LogP contribution in [0.4, 0.5) is 10.1 Å². The van der Waals surface area contributed by atoms with Gasteiger partial charge in [-0.1, -0.05) is 29.3 Å². The van der Waals surface area contributed by atoms with Crippen LogP contribution >= 0.6 is 11.6 Å². The number of nitrogens with one attached hydrogen (secondary N) is 1. The van der Waals surface area contributed by atoms with Crippen molar-refractivity contribution in [3.05, 3.63) is 64.4 Å². The van der Waals surface area contributed by atoms with Crippen LogP contribution in [0, 0.1) is 18.7 Å². The molecule has 0 bridgehead atoms. The molecule has 2 aromatic carbocycles. The van der Waals surface area contributed by atoms with Crippen LogP contribution in [0.5, 0.6) is 0 Å². The van der Waals surface area contributed by atoms with Crippen molar-refractivity contribution in [3.8, 4) is 0 Å². The minimum atomic E-state index is -0.530. The third kappa shape index (κ3) is 4.22. The number of rotatable bonds is 3. The molecule has 0 unspecified atom stereocenters. The standard InChI is InChI=1S/C20H20ClFN2O2/c1-13-4-2-5-14(10-13)20(26)24-9-3-6-15(12-24)19(25)23-16-7-8-18(22)17(21)11-16/h2,4-5,7-8,10-11,15H,3,6,9,12H2,1H3,(H,23,25)/t15-/m0/s1. The summed E-state index contributed by atoms with van der Waals surface area (Å²) in [5, 5.41) is 2.72. The molecule has 0 spiro atoms. The van der Waals surface area contributed by atoms with E-state index < -0.39 is 5.82 Å². The number of benzene rings is 2. The van der Waals surface area contributed by atoms with E-state index in [1.54, 1.807) is 11.0 Å². The Morgan fingerprint density at radius 1 is 1.23 bits per heavy atom. The smallest absolute Gasteiger partial charge is 0.253 e. The number of likely N-dealkylation sites (tertiary alicyclic amines) is 1. The van der Waals surface area contributed by atoms with Crippen molar-refractivity contribution in [1.82, 2.24) is 4.90 Å². The molecule has 0 saturated carbocycles. The summed E-state index contributed by atoms with van der Waals surface area (Å²) in [6.45, 7) is 2.95. The van der Waals surface area contributed by atoms with Crippen LogP contribution in [-0.4, -0.2) is 29.8 Å². The average Bonchev–Trinajstić information content (AvgIpc) is 2.64. The monoisotopic (exact) mass is 374 g/mol. The van der Waals surface area contributed by atoms with Gasteiger partial charge in [-0.25, -0.2) is 4.39 Å². The van der Waals surface area contributed by atoms with Gasteiger partial charge in [-0.3, -0.25) is 9.59 Å². The third-order valence-electron chi connectivity index (χ3n) is 4.53. The van der Waals surface area contributed by atoms with E-state index in [0.717, 1.165) is 12.0 Å². The zero-order valence-corrected chi connectivity index (χ0v) is 15.2. The molecule has 136 valence electrons. The molecule has 1 heterocycles. The second-order valence-electron chi connectivity index (χ2n) is 6.58. The Hall–Kier alpha value is -2.40. The molecule has 1 fully saturated rings. The van der Waals surface area contributed by atoms with Gasteiger partial charge in [0.2, 0.25) is 5.91 Å². The summed E-state index contributed by atoms with van der Waals surface area (Å²) in [5.41, 5.74) is 2.11. The molecule has 26 heavy (non-hydrogen) atoms. The number of anilines is 1. The first-order valence-corrected chi connectivity index (χ1v) is 8.93. The van der Waals surface area contributed by atoms with E-state index in [9.17, 15) is 14.0 Å². The van der Waals surface area contributed by atoms with E-state index >= 15 is 0 Å². The molecule has 3 rings (SSSR count). The second-order valence-corrected chi connectivity index (χ2v) is 6.99. The number of carbonyl (C=O) groups excluding carboxylic acids is 2. The van der Waals surface area contributed by atoms with Crippen LogP contribution in [0.2, 0.25) is 5.02 Å². The first kappa shape index (κ1) is 18.4. The Labute approximate surface area is 157 Å². The third-order valence-corrected chi connectivity index (χ3v) is 4.82. The molecule has 4 nitrogen and oxygen atoms in total. The number of hydrogen-bond donors (Lipinski definition) is 1. The molecule has 2 aromatic rings. The fraction of sp³-hybridized carbons (Fsp3) is 0.300. The van der Waals surface area contributed by atoms with Crippen molar-refractivity contribution in [1.29, 1.82) is 0 Å². The van der Waals surface area contributed by atoms with Crippen LogP contribution in [0.25, 0.3) is 0 Å². The number of hydrogen-bond acceptors (Lipinski definition) is 2. The molecule has 1 aliphatic rings. The molecule has 1 aliphatic heterocycles. The highest BCUT2D eigenvalue weighted by Crippen LogP contribution is 2.23. The summed E-state index contributed by atoms with van der Waals surface area (Å²) in [7, 11) is 0. The summed E-state index contributed by atoms with van der Waals surface area (Å²) in [4.78, 5) is 27.0. The van der Waals surface area contributed by atoms with E-state index in [-0.39, 0.29) is 22.8 Å². The molecule has 0 radical (unpaired) electrons. The predicted octanol–water partition coefficient (Wildman–Crippen LogP) is 4.28. The van der Waals surface area contributed by atoms with E-state index in [1.165, 1.54) is 18.2 Å². The Kier molecular flexibility index (Phi) is 5.57. The minimum absolute atomic E-state index is 0.0392. The molecule has 0 aliphatic carbocycles. The molecule has 1 atom stereocenters. The molecular weight excluding hydrogens is 355 g/mol. The molecule has 1 N–H and O–H groups in total. The number of aryl methyl sites for hydroxylation is 1. The fourth-order valence-corrected chi connectivity index (χ4v) is 3.34. The fourth-order valence-electron chi connectivity index (χ4n) is 3.15.